The van der Waals surface area contributed by atoms with E-state index in [2.05, 4.69) is 17.2 Å². The van der Waals surface area contributed by atoms with Gasteiger partial charge in [-0.2, -0.15) is 10.4 Å². The molecule has 0 N–H and O–H groups in total. The summed E-state index contributed by atoms with van der Waals surface area (Å²) in [4.78, 5) is 0.999. The number of hydrogen-bond acceptors (Lipinski definition) is 3. The number of nitriles is 1. The van der Waals surface area contributed by atoms with Crippen LogP contribution in [0, 0.1) is 11.3 Å². The maximum atomic E-state index is 9.32. The van der Waals surface area contributed by atoms with Crippen LogP contribution < -0.4 is 0 Å². The molecule has 3 rings (SSSR count). The Balaban J connectivity index is 2.07. The number of aromatic nitrogens is 2. The normalized spacial score (nSPS) is 14.4. The van der Waals surface area contributed by atoms with Crippen molar-refractivity contribution >= 4 is 11.8 Å². The van der Waals surface area contributed by atoms with Gasteiger partial charge < -0.3 is 0 Å². The monoisotopic (exact) mass is 255 g/mol. The molecule has 90 valence electrons. The lowest BCUT2D eigenvalue weighted by Crippen LogP contribution is -2.00. The molecule has 1 aliphatic rings. The van der Waals surface area contributed by atoms with Crippen LogP contribution in [0.2, 0.25) is 0 Å². The standard InChI is InChI=1S/C14H13N3S/c1-18-14-4-2-3-13(11(14)9-15)17-8-7-12(16-17)10-5-6-10/h2-4,7-8,10H,5-6H2,1H3. The summed E-state index contributed by atoms with van der Waals surface area (Å²) in [5.41, 5.74) is 2.72. The minimum atomic E-state index is 0.639. The fourth-order valence-electron chi connectivity index (χ4n) is 2.06. The van der Waals surface area contributed by atoms with Crippen LogP contribution in [0.1, 0.15) is 30.0 Å². The Kier molecular flexibility index (Phi) is 2.85. The van der Waals surface area contributed by atoms with E-state index in [1.165, 1.54) is 12.8 Å². The first-order valence-electron chi connectivity index (χ1n) is 5.96. The topological polar surface area (TPSA) is 41.6 Å². The number of hydrogen-bond donors (Lipinski definition) is 0. The first-order chi connectivity index (χ1) is 8.83. The van der Waals surface area contributed by atoms with Crippen molar-refractivity contribution in [1.82, 2.24) is 9.78 Å². The quantitative estimate of drug-likeness (QED) is 0.790. The fraction of sp³-hybridized carbons (Fsp3) is 0.286. The van der Waals surface area contributed by atoms with Crippen LogP contribution >= 0.6 is 11.8 Å². The molecular weight excluding hydrogens is 242 g/mol. The number of nitrogens with zero attached hydrogens (tertiary/aromatic N) is 3. The lowest BCUT2D eigenvalue weighted by atomic mass is 10.2. The van der Waals surface area contributed by atoms with Crippen molar-refractivity contribution in [3.8, 4) is 11.8 Å². The molecule has 0 spiro atoms. The maximum absolute atomic E-state index is 9.32. The van der Waals surface area contributed by atoms with E-state index in [0.717, 1.165) is 16.3 Å². The predicted molar refractivity (Wildman–Crippen MR) is 72.0 cm³/mol. The van der Waals surface area contributed by atoms with E-state index in [0.29, 0.717) is 11.5 Å². The first kappa shape index (κ1) is 11.4. The van der Waals surface area contributed by atoms with Crippen molar-refractivity contribution in [2.24, 2.45) is 0 Å². The summed E-state index contributed by atoms with van der Waals surface area (Å²) in [6, 6.07) is 10.2. The molecule has 1 aromatic carbocycles. The lowest BCUT2D eigenvalue weighted by Gasteiger charge is -2.07. The van der Waals surface area contributed by atoms with Gasteiger partial charge in [0.25, 0.3) is 0 Å². The lowest BCUT2D eigenvalue weighted by molar-refractivity contribution is 0.832. The second-order valence-electron chi connectivity index (χ2n) is 4.43. The molecule has 0 saturated heterocycles. The van der Waals surface area contributed by atoms with Gasteiger partial charge in [-0.15, -0.1) is 11.8 Å². The third kappa shape index (κ3) is 1.91. The number of rotatable bonds is 3. The highest BCUT2D eigenvalue weighted by atomic mass is 32.2. The molecule has 0 amide bonds. The van der Waals surface area contributed by atoms with Crippen LogP contribution in [-0.4, -0.2) is 16.0 Å². The predicted octanol–water partition coefficient (Wildman–Crippen LogP) is 3.34. The molecule has 0 bridgehead atoms. The molecular formula is C14H13N3S. The number of thioether (sulfide) groups is 1. The van der Waals surface area contributed by atoms with Gasteiger partial charge in [0, 0.05) is 17.0 Å². The SMILES string of the molecule is CSc1cccc(-n2ccc(C3CC3)n2)c1C#N. The summed E-state index contributed by atoms with van der Waals surface area (Å²) < 4.78 is 1.83. The minimum absolute atomic E-state index is 0.639. The van der Waals surface area contributed by atoms with Crippen LogP contribution in [0.15, 0.2) is 35.4 Å². The fourth-order valence-corrected chi connectivity index (χ4v) is 2.63. The molecule has 0 unspecified atom stereocenters. The zero-order chi connectivity index (χ0) is 12.5. The third-order valence-electron chi connectivity index (χ3n) is 3.19. The molecule has 3 nitrogen and oxygen atoms in total. The Bertz CT molecular complexity index is 620. The summed E-state index contributed by atoms with van der Waals surface area (Å²) in [5, 5.41) is 13.9. The number of benzene rings is 1. The average Bonchev–Trinajstić information content (AvgIpc) is 3.15. The van der Waals surface area contributed by atoms with Crippen molar-refractivity contribution in [2.75, 3.05) is 6.26 Å². The van der Waals surface area contributed by atoms with Gasteiger partial charge in [-0.3, -0.25) is 0 Å². The highest BCUT2D eigenvalue weighted by Gasteiger charge is 2.26. The van der Waals surface area contributed by atoms with E-state index in [4.69, 9.17) is 0 Å². The van der Waals surface area contributed by atoms with E-state index >= 15 is 0 Å². The van der Waals surface area contributed by atoms with Crippen molar-refractivity contribution in [2.45, 2.75) is 23.7 Å². The van der Waals surface area contributed by atoms with Gasteiger partial charge in [0.2, 0.25) is 0 Å². The zero-order valence-corrected chi connectivity index (χ0v) is 10.9. The molecule has 0 aliphatic heterocycles. The van der Waals surface area contributed by atoms with Crippen LogP contribution in [0.5, 0.6) is 0 Å². The summed E-state index contributed by atoms with van der Waals surface area (Å²) in [6.45, 7) is 0. The minimum Gasteiger partial charge on any atom is -0.239 e. The highest BCUT2D eigenvalue weighted by Crippen LogP contribution is 2.39. The molecule has 1 fully saturated rings. The Hall–Kier alpha value is -1.73. The molecule has 1 heterocycles. The summed E-state index contributed by atoms with van der Waals surface area (Å²) >= 11 is 1.59. The van der Waals surface area contributed by atoms with Gasteiger partial charge in [-0.05, 0) is 37.3 Å². The van der Waals surface area contributed by atoms with Gasteiger partial charge >= 0.3 is 0 Å². The Labute approximate surface area is 110 Å². The van der Waals surface area contributed by atoms with Gasteiger partial charge in [0.1, 0.15) is 6.07 Å². The zero-order valence-electron chi connectivity index (χ0n) is 10.1. The molecule has 2 aromatic rings. The highest BCUT2D eigenvalue weighted by molar-refractivity contribution is 7.98. The van der Waals surface area contributed by atoms with Crippen molar-refractivity contribution < 1.29 is 0 Å². The van der Waals surface area contributed by atoms with Crippen LogP contribution in [0.3, 0.4) is 0 Å². The largest absolute Gasteiger partial charge is 0.239 e. The molecule has 1 aromatic heterocycles. The Morgan fingerprint density at radius 1 is 1.39 bits per heavy atom. The summed E-state index contributed by atoms with van der Waals surface area (Å²) in [5.74, 6) is 0.639. The molecule has 18 heavy (non-hydrogen) atoms. The third-order valence-corrected chi connectivity index (χ3v) is 3.97. The van der Waals surface area contributed by atoms with E-state index in [1.807, 2.05) is 35.3 Å². The van der Waals surface area contributed by atoms with E-state index in [9.17, 15) is 5.26 Å². The Morgan fingerprint density at radius 3 is 2.89 bits per heavy atom. The smallest absolute Gasteiger partial charge is 0.103 e. The second kappa shape index (κ2) is 4.51. The van der Waals surface area contributed by atoms with Gasteiger partial charge in [0.05, 0.1) is 16.9 Å². The molecule has 1 aliphatic carbocycles. The van der Waals surface area contributed by atoms with Crippen LogP contribution in [0.4, 0.5) is 0 Å². The van der Waals surface area contributed by atoms with Gasteiger partial charge in [-0.25, -0.2) is 4.68 Å². The van der Waals surface area contributed by atoms with Crippen molar-refractivity contribution in [3.05, 3.63) is 41.7 Å². The van der Waals surface area contributed by atoms with E-state index in [-0.39, 0.29) is 0 Å². The van der Waals surface area contributed by atoms with Gasteiger partial charge in [0.15, 0.2) is 0 Å². The van der Waals surface area contributed by atoms with Crippen molar-refractivity contribution in [1.29, 1.82) is 5.26 Å². The average molecular weight is 255 g/mol. The maximum Gasteiger partial charge on any atom is 0.103 e. The van der Waals surface area contributed by atoms with Crippen LogP contribution in [0.25, 0.3) is 5.69 Å². The molecule has 0 radical (unpaired) electrons. The second-order valence-corrected chi connectivity index (χ2v) is 5.27. The summed E-state index contributed by atoms with van der Waals surface area (Å²) in [6.07, 6.45) is 6.42. The van der Waals surface area contributed by atoms with Gasteiger partial charge in [-0.1, -0.05) is 6.07 Å². The Morgan fingerprint density at radius 2 is 2.22 bits per heavy atom. The molecule has 1 saturated carbocycles. The first-order valence-corrected chi connectivity index (χ1v) is 7.19. The van der Waals surface area contributed by atoms with Crippen molar-refractivity contribution in [3.63, 3.8) is 0 Å². The van der Waals surface area contributed by atoms with E-state index in [1.54, 1.807) is 11.8 Å². The summed E-state index contributed by atoms with van der Waals surface area (Å²) in [7, 11) is 0. The van der Waals surface area contributed by atoms with Crippen LogP contribution in [-0.2, 0) is 0 Å². The van der Waals surface area contributed by atoms with E-state index < -0.39 is 0 Å². The molecule has 4 heteroatoms. The molecule has 0 atom stereocenters.